The summed E-state index contributed by atoms with van der Waals surface area (Å²) in [6, 6.07) is 5.91. The number of anilines is 1. The maximum absolute atomic E-state index is 5.84. The van der Waals surface area contributed by atoms with Crippen LogP contribution in [0.15, 0.2) is 18.2 Å². The molecular weight excluding hydrogens is 238 g/mol. The third-order valence-corrected chi connectivity index (χ3v) is 3.42. The SMILES string of the molecule is CCCc1nc2cc(N)ccc2n1CC(C)(C)OC. The van der Waals surface area contributed by atoms with Gasteiger partial charge in [0.05, 0.1) is 23.2 Å². The zero-order chi connectivity index (χ0) is 14.0. The average Bonchev–Trinajstić information content (AvgIpc) is 2.67. The van der Waals surface area contributed by atoms with Gasteiger partial charge in [-0.15, -0.1) is 0 Å². The van der Waals surface area contributed by atoms with E-state index < -0.39 is 0 Å². The normalized spacial score (nSPS) is 12.2. The summed E-state index contributed by atoms with van der Waals surface area (Å²) in [5, 5.41) is 0. The number of aryl methyl sites for hydroxylation is 1. The van der Waals surface area contributed by atoms with Crippen molar-refractivity contribution in [3.05, 3.63) is 24.0 Å². The smallest absolute Gasteiger partial charge is 0.109 e. The minimum Gasteiger partial charge on any atom is -0.399 e. The van der Waals surface area contributed by atoms with E-state index in [0.717, 1.165) is 41.9 Å². The molecule has 2 aromatic rings. The summed E-state index contributed by atoms with van der Waals surface area (Å²) in [4.78, 5) is 4.71. The third kappa shape index (κ3) is 2.89. The standard InChI is InChI=1S/C15H23N3O/c1-5-6-14-17-12-9-11(16)7-8-13(12)18(14)10-15(2,3)19-4/h7-9H,5-6,10,16H2,1-4H3. The van der Waals surface area contributed by atoms with Crippen LogP contribution in [0.5, 0.6) is 0 Å². The van der Waals surface area contributed by atoms with Crippen LogP contribution in [-0.2, 0) is 17.7 Å². The van der Waals surface area contributed by atoms with E-state index in [1.807, 2.05) is 18.2 Å². The summed E-state index contributed by atoms with van der Waals surface area (Å²) >= 11 is 0. The van der Waals surface area contributed by atoms with E-state index in [0.29, 0.717) is 0 Å². The van der Waals surface area contributed by atoms with E-state index >= 15 is 0 Å². The number of fused-ring (bicyclic) bond motifs is 1. The quantitative estimate of drug-likeness (QED) is 0.842. The van der Waals surface area contributed by atoms with E-state index in [1.165, 1.54) is 0 Å². The lowest BCUT2D eigenvalue weighted by Gasteiger charge is -2.25. The van der Waals surface area contributed by atoms with E-state index in [1.54, 1.807) is 7.11 Å². The maximum Gasteiger partial charge on any atom is 0.109 e. The summed E-state index contributed by atoms with van der Waals surface area (Å²) in [6.07, 6.45) is 2.04. The van der Waals surface area contributed by atoms with E-state index in [4.69, 9.17) is 15.5 Å². The minimum absolute atomic E-state index is 0.211. The molecule has 0 spiro atoms. The van der Waals surface area contributed by atoms with Gasteiger partial charge in [-0.05, 0) is 38.5 Å². The zero-order valence-electron chi connectivity index (χ0n) is 12.2. The van der Waals surface area contributed by atoms with Gasteiger partial charge in [0.25, 0.3) is 0 Å². The van der Waals surface area contributed by atoms with Crippen molar-refractivity contribution in [2.45, 2.75) is 45.8 Å². The van der Waals surface area contributed by atoms with Crippen LogP contribution >= 0.6 is 0 Å². The van der Waals surface area contributed by atoms with Crippen molar-refractivity contribution in [3.8, 4) is 0 Å². The largest absolute Gasteiger partial charge is 0.399 e. The number of aromatic nitrogens is 2. The Labute approximate surface area is 114 Å². The molecule has 0 amide bonds. The molecule has 2 N–H and O–H groups in total. The number of rotatable bonds is 5. The first-order valence-corrected chi connectivity index (χ1v) is 6.76. The molecule has 0 saturated carbocycles. The second-order valence-electron chi connectivity index (χ2n) is 5.58. The highest BCUT2D eigenvalue weighted by Crippen LogP contribution is 2.23. The first-order valence-electron chi connectivity index (χ1n) is 6.76. The van der Waals surface area contributed by atoms with E-state index in [-0.39, 0.29) is 5.60 Å². The average molecular weight is 261 g/mol. The first kappa shape index (κ1) is 13.9. The van der Waals surface area contributed by atoms with Crippen molar-refractivity contribution in [1.29, 1.82) is 0 Å². The number of methoxy groups -OCH3 is 1. The molecule has 0 aliphatic heterocycles. The van der Waals surface area contributed by atoms with Crippen LogP contribution < -0.4 is 5.73 Å². The predicted octanol–water partition coefficient (Wildman–Crippen LogP) is 3.00. The summed E-state index contributed by atoms with van der Waals surface area (Å²) < 4.78 is 7.80. The Bertz CT molecular complexity index is 572. The van der Waals surface area contributed by atoms with Crippen molar-refractivity contribution in [2.75, 3.05) is 12.8 Å². The van der Waals surface area contributed by atoms with Crippen molar-refractivity contribution >= 4 is 16.7 Å². The highest BCUT2D eigenvalue weighted by Gasteiger charge is 2.21. The van der Waals surface area contributed by atoms with Crippen molar-refractivity contribution in [1.82, 2.24) is 9.55 Å². The Morgan fingerprint density at radius 1 is 1.37 bits per heavy atom. The predicted molar refractivity (Wildman–Crippen MR) is 79.2 cm³/mol. The number of hydrogen-bond acceptors (Lipinski definition) is 3. The molecule has 0 bridgehead atoms. The lowest BCUT2D eigenvalue weighted by molar-refractivity contribution is 0.00842. The number of nitrogens with zero attached hydrogens (tertiary/aromatic N) is 2. The van der Waals surface area contributed by atoms with Crippen LogP contribution in [0.2, 0.25) is 0 Å². The van der Waals surface area contributed by atoms with Crippen molar-refractivity contribution < 1.29 is 4.74 Å². The van der Waals surface area contributed by atoms with Gasteiger partial charge in [0.1, 0.15) is 5.82 Å². The van der Waals surface area contributed by atoms with Crippen molar-refractivity contribution in [3.63, 3.8) is 0 Å². The van der Waals surface area contributed by atoms with Gasteiger partial charge >= 0.3 is 0 Å². The molecule has 104 valence electrons. The summed E-state index contributed by atoms with van der Waals surface area (Å²) in [5.41, 5.74) is 8.48. The minimum atomic E-state index is -0.211. The van der Waals surface area contributed by atoms with Gasteiger partial charge in [-0.1, -0.05) is 6.92 Å². The molecule has 1 aromatic carbocycles. The fraction of sp³-hybridized carbons (Fsp3) is 0.533. The monoisotopic (exact) mass is 261 g/mol. The molecule has 0 unspecified atom stereocenters. The van der Waals surface area contributed by atoms with Gasteiger partial charge in [0.15, 0.2) is 0 Å². The summed E-state index contributed by atoms with van der Waals surface area (Å²) in [7, 11) is 1.75. The van der Waals surface area contributed by atoms with Crippen molar-refractivity contribution in [2.24, 2.45) is 0 Å². The molecule has 0 fully saturated rings. The number of ether oxygens (including phenoxy) is 1. The lowest BCUT2D eigenvalue weighted by Crippen LogP contribution is -2.29. The Kier molecular flexibility index (Phi) is 3.80. The molecule has 0 aliphatic carbocycles. The van der Waals surface area contributed by atoms with E-state index in [9.17, 15) is 0 Å². The number of hydrogen-bond donors (Lipinski definition) is 1. The topological polar surface area (TPSA) is 53.1 Å². The van der Waals surface area contributed by atoms with Crippen LogP contribution in [0.3, 0.4) is 0 Å². The van der Waals surface area contributed by atoms with Crippen LogP contribution in [-0.4, -0.2) is 22.3 Å². The molecule has 2 rings (SSSR count). The van der Waals surface area contributed by atoms with Crippen LogP contribution in [0.1, 0.15) is 33.0 Å². The number of nitrogen functional groups attached to an aromatic ring is 1. The third-order valence-electron chi connectivity index (χ3n) is 3.42. The molecule has 0 saturated heterocycles. The Morgan fingerprint density at radius 2 is 2.11 bits per heavy atom. The lowest BCUT2D eigenvalue weighted by atomic mass is 10.1. The van der Waals surface area contributed by atoms with Gasteiger partial charge in [-0.25, -0.2) is 4.98 Å². The second-order valence-corrected chi connectivity index (χ2v) is 5.58. The Balaban J connectivity index is 2.52. The highest BCUT2D eigenvalue weighted by atomic mass is 16.5. The summed E-state index contributed by atoms with van der Waals surface area (Å²) in [6.45, 7) is 7.14. The molecule has 19 heavy (non-hydrogen) atoms. The molecule has 0 atom stereocenters. The van der Waals surface area contributed by atoms with Crippen LogP contribution in [0.4, 0.5) is 5.69 Å². The Hall–Kier alpha value is -1.55. The van der Waals surface area contributed by atoms with Crippen LogP contribution in [0.25, 0.3) is 11.0 Å². The maximum atomic E-state index is 5.84. The van der Waals surface area contributed by atoms with E-state index in [2.05, 4.69) is 25.3 Å². The van der Waals surface area contributed by atoms with Gasteiger partial charge in [0.2, 0.25) is 0 Å². The van der Waals surface area contributed by atoms with Gasteiger partial charge < -0.3 is 15.0 Å². The van der Waals surface area contributed by atoms with Crippen LogP contribution in [0, 0.1) is 0 Å². The van der Waals surface area contributed by atoms with Gasteiger partial charge in [0, 0.05) is 19.2 Å². The molecule has 1 heterocycles. The molecule has 0 radical (unpaired) electrons. The van der Waals surface area contributed by atoms with Gasteiger partial charge in [-0.2, -0.15) is 0 Å². The zero-order valence-corrected chi connectivity index (χ0v) is 12.2. The fourth-order valence-electron chi connectivity index (χ4n) is 2.23. The Morgan fingerprint density at radius 3 is 2.74 bits per heavy atom. The molecule has 4 nitrogen and oxygen atoms in total. The molecule has 1 aromatic heterocycles. The molecule has 4 heteroatoms. The van der Waals surface area contributed by atoms with Gasteiger partial charge in [-0.3, -0.25) is 0 Å². The second kappa shape index (κ2) is 5.21. The molecule has 0 aliphatic rings. The number of nitrogens with two attached hydrogens (primary N) is 1. The number of benzene rings is 1. The fourth-order valence-corrected chi connectivity index (χ4v) is 2.23. The first-order chi connectivity index (χ1) is 8.96. The highest BCUT2D eigenvalue weighted by molar-refractivity contribution is 5.79. The summed E-state index contributed by atoms with van der Waals surface area (Å²) in [5.74, 6) is 1.10. The molecular formula is C15H23N3O. The number of imidazole rings is 1.